The molecule has 0 spiro atoms. The van der Waals surface area contributed by atoms with Gasteiger partial charge in [-0.3, -0.25) is 9.59 Å². The van der Waals surface area contributed by atoms with Crippen molar-refractivity contribution in [3.8, 4) is 5.75 Å². The van der Waals surface area contributed by atoms with Crippen LogP contribution >= 0.6 is 0 Å². The number of benzene rings is 2. The third-order valence-corrected chi connectivity index (χ3v) is 6.57. The zero-order valence-corrected chi connectivity index (χ0v) is 21.7. The van der Waals surface area contributed by atoms with Crippen molar-refractivity contribution in [2.24, 2.45) is 0 Å². The minimum absolute atomic E-state index is 0.128. The van der Waals surface area contributed by atoms with Gasteiger partial charge in [0.25, 0.3) is 11.7 Å². The van der Waals surface area contributed by atoms with Crippen LogP contribution in [0, 0.1) is 6.92 Å². The van der Waals surface area contributed by atoms with Crippen LogP contribution < -0.4 is 9.64 Å². The highest BCUT2D eigenvalue weighted by molar-refractivity contribution is 6.46. The van der Waals surface area contributed by atoms with Gasteiger partial charge >= 0.3 is 0 Å². The van der Waals surface area contributed by atoms with E-state index in [-0.39, 0.29) is 11.3 Å². The summed E-state index contributed by atoms with van der Waals surface area (Å²) >= 11 is 0. The fraction of sp³-hybridized carbons (Fsp3) is 0.429. The highest BCUT2D eigenvalue weighted by Crippen LogP contribution is 2.40. The Bertz CT molecular complexity index is 1090. The third-order valence-electron chi connectivity index (χ3n) is 6.57. The van der Waals surface area contributed by atoms with Crippen molar-refractivity contribution in [3.63, 3.8) is 0 Å². The van der Waals surface area contributed by atoms with Crippen molar-refractivity contribution in [1.29, 1.82) is 0 Å². The van der Waals surface area contributed by atoms with Gasteiger partial charge in [0.05, 0.1) is 18.7 Å². The highest BCUT2D eigenvalue weighted by atomic mass is 16.5. The second kappa shape index (κ2) is 11.4. The van der Waals surface area contributed by atoms with Crippen LogP contribution in [-0.4, -0.2) is 74.0 Å². The summed E-state index contributed by atoms with van der Waals surface area (Å²) in [5, 5.41) is 11.4. The van der Waals surface area contributed by atoms with Gasteiger partial charge in [0.2, 0.25) is 0 Å². The van der Waals surface area contributed by atoms with Gasteiger partial charge in [0.15, 0.2) is 0 Å². The summed E-state index contributed by atoms with van der Waals surface area (Å²) in [6.45, 7) is 9.03. The number of Topliss-reactive ketones (excluding diaryl/α,β-unsaturated/α-hetero) is 1. The lowest BCUT2D eigenvalue weighted by Gasteiger charge is -2.27. The Morgan fingerprint density at radius 2 is 1.71 bits per heavy atom. The second-order valence-corrected chi connectivity index (χ2v) is 9.09. The molecule has 0 bridgehead atoms. The number of aryl methyl sites for hydroxylation is 1. The van der Waals surface area contributed by atoms with E-state index in [1.807, 2.05) is 50.2 Å². The number of nitrogens with zero attached hydrogens (tertiary/aromatic N) is 3. The molecule has 1 aliphatic heterocycles. The van der Waals surface area contributed by atoms with Crippen molar-refractivity contribution < 1.29 is 19.4 Å². The van der Waals surface area contributed by atoms with Crippen molar-refractivity contribution >= 4 is 23.1 Å². The average molecular weight is 480 g/mol. The molecule has 1 saturated heterocycles. The maximum absolute atomic E-state index is 13.3. The number of aliphatic hydroxyl groups is 1. The number of carbonyl (C=O) groups excluding carboxylic acids is 2. The Labute approximate surface area is 208 Å². The molecule has 1 fully saturated rings. The molecule has 0 radical (unpaired) electrons. The minimum atomic E-state index is -0.652. The van der Waals surface area contributed by atoms with Gasteiger partial charge in [0.1, 0.15) is 11.5 Å². The Morgan fingerprint density at radius 1 is 1.06 bits per heavy atom. The standard InChI is InChI=1S/C28H37N3O4/c1-7-30(8-2)21-12-10-20(11-13-21)25-24(26(32)23-15-14-22(35-6)18-19(23)3)27(33)28(34)31(25)17-9-16-29(4)5/h10-15,18,25,32H,7-9,16-17H2,1-6H3/b26-24-. The highest BCUT2D eigenvalue weighted by Gasteiger charge is 2.45. The van der Waals surface area contributed by atoms with E-state index >= 15 is 0 Å². The molecule has 1 unspecified atom stereocenters. The summed E-state index contributed by atoms with van der Waals surface area (Å²) in [7, 11) is 5.53. The first-order valence-corrected chi connectivity index (χ1v) is 12.2. The van der Waals surface area contributed by atoms with E-state index in [4.69, 9.17) is 4.74 Å². The fourth-order valence-electron chi connectivity index (χ4n) is 4.64. The van der Waals surface area contributed by atoms with Crippen LogP contribution in [0.4, 0.5) is 5.69 Å². The van der Waals surface area contributed by atoms with Gasteiger partial charge in [-0.25, -0.2) is 0 Å². The molecule has 7 nitrogen and oxygen atoms in total. The van der Waals surface area contributed by atoms with Crippen molar-refractivity contribution in [2.75, 3.05) is 52.3 Å². The van der Waals surface area contributed by atoms with Gasteiger partial charge < -0.3 is 24.5 Å². The van der Waals surface area contributed by atoms with E-state index in [2.05, 4.69) is 18.7 Å². The zero-order chi connectivity index (χ0) is 25.7. The molecule has 2 aromatic rings. The molecule has 35 heavy (non-hydrogen) atoms. The van der Waals surface area contributed by atoms with Gasteiger partial charge in [-0.05, 0) is 89.3 Å². The van der Waals surface area contributed by atoms with Gasteiger partial charge in [-0.1, -0.05) is 12.1 Å². The number of ether oxygens (including phenoxy) is 1. The normalized spacial score (nSPS) is 17.3. The molecule has 0 aliphatic carbocycles. The first-order valence-electron chi connectivity index (χ1n) is 12.2. The summed E-state index contributed by atoms with van der Waals surface area (Å²) in [5.74, 6) is -0.724. The van der Waals surface area contributed by atoms with Crippen LogP contribution in [0.1, 0.15) is 43.0 Å². The van der Waals surface area contributed by atoms with Crippen molar-refractivity contribution in [1.82, 2.24) is 9.80 Å². The van der Waals surface area contributed by atoms with Crippen LogP contribution in [0.5, 0.6) is 5.75 Å². The summed E-state index contributed by atoms with van der Waals surface area (Å²) in [6, 6.07) is 12.6. The molecule has 0 saturated carbocycles. The van der Waals surface area contributed by atoms with E-state index in [1.54, 1.807) is 30.2 Å². The van der Waals surface area contributed by atoms with Crippen LogP contribution in [-0.2, 0) is 9.59 Å². The number of carbonyl (C=O) groups is 2. The summed E-state index contributed by atoms with van der Waals surface area (Å²) in [6.07, 6.45) is 0.718. The number of methoxy groups -OCH3 is 1. The lowest BCUT2D eigenvalue weighted by Crippen LogP contribution is -2.32. The van der Waals surface area contributed by atoms with Gasteiger partial charge in [0, 0.05) is 30.9 Å². The number of hydrogen-bond donors (Lipinski definition) is 1. The molecule has 1 N–H and O–H groups in total. The smallest absolute Gasteiger partial charge is 0.295 e. The van der Waals surface area contributed by atoms with E-state index in [9.17, 15) is 14.7 Å². The molecule has 3 rings (SSSR count). The average Bonchev–Trinajstić information content (AvgIpc) is 3.09. The largest absolute Gasteiger partial charge is 0.507 e. The number of rotatable bonds is 10. The lowest BCUT2D eigenvalue weighted by molar-refractivity contribution is -0.139. The van der Waals surface area contributed by atoms with Gasteiger partial charge in [-0.2, -0.15) is 0 Å². The fourth-order valence-corrected chi connectivity index (χ4v) is 4.64. The molecule has 1 atom stereocenters. The number of hydrogen-bond acceptors (Lipinski definition) is 6. The Hall–Kier alpha value is -3.32. The predicted molar refractivity (Wildman–Crippen MR) is 140 cm³/mol. The molecule has 0 aromatic heterocycles. The van der Waals surface area contributed by atoms with Crippen molar-refractivity contribution in [2.45, 2.75) is 33.2 Å². The Morgan fingerprint density at radius 3 is 2.26 bits per heavy atom. The molecule has 188 valence electrons. The Kier molecular flexibility index (Phi) is 8.57. The summed E-state index contributed by atoms with van der Waals surface area (Å²) < 4.78 is 5.28. The molecule has 1 aliphatic rings. The second-order valence-electron chi connectivity index (χ2n) is 9.09. The summed E-state index contributed by atoms with van der Waals surface area (Å²) in [4.78, 5) is 32.3. The molecule has 2 aromatic carbocycles. The van der Waals surface area contributed by atoms with Crippen molar-refractivity contribution in [3.05, 3.63) is 64.7 Å². The molecular weight excluding hydrogens is 442 g/mol. The number of anilines is 1. The number of ketones is 1. The number of aliphatic hydroxyl groups excluding tert-OH is 1. The maximum atomic E-state index is 13.3. The van der Waals surface area contributed by atoms with Gasteiger partial charge in [-0.15, -0.1) is 0 Å². The van der Waals surface area contributed by atoms with E-state index in [0.717, 1.165) is 42.9 Å². The summed E-state index contributed by atoms with van der Waals surface area (Å²) in [5.41, 5.74) is 3.29. The van der Waals surface area contributed by atoms with E-state index in [0.29, 0.717) is 17.9 Å². The molecule has 7 heteroatoms. The molecule has 1 heterocycles. The number of likely N-dealkylation sites (tertiary alicyclic amines) is 1. The topological polar surface area (TPSA) is 73.3 Å². The monoisotopic (exact) mass is 479 g/mol. The maximum Gasteiger partial charge on any atom is 0.295 e. The Balaban J connectivity index is 2.11. The van der Waals surface area contributed by atoms with Crippen LogP contribution in [0.15, 0.2) is 48.0 Å². The third kappa shape index (κ3) is 5.51. The minimum Gasteiger partial charge on any atom is -0.507 e. The first-order chi connectivity index (χ1) is 16.7. The van der Waals surface area contributed by atoms with Crippen LogP contribution in [0.3, 0.4) is 0 Å². The lowest BCUT2D eigenvalue weighted by atomic mass is 9.93. The first kappa shape index (κ1) is 26.3. The van der Waals surface area contributed by atoms with E-state index in [1.165, 1.54) is 0 Å². The SMILES string of the molecule is CCN(CC)c1ccc(C2/C(=C(/O)c3ccc(OC)cc3C)C(=O)C(=O)N2CCCN(C)C)cc1. The predicted octanol–water partition coefficient (Wildman–Crippen LogP) is 4.22. The van der Waals surface area contributed by atoms with Crippen LogP contribution in [0.2, 0.25) is 0 Å². The van der Waals surface area contributed by atoms with E-state index < -0.39 is 17.7 Å². The zero-order valence-electron chi connectivity index (χ0n) is 21.7. The van der Waals surface area contributed by atoms with Crippen LogP contribution in [0.25, 0.3) is 5.76 Å². The molecule has 1 amide bonds. The molecular formula is C28H37N3O4. The number of amides is 1. The quantitative estimate of drug-likeness (QED) is 0.312.